The number of hydrogen-bond acceptors (Lipinski definition) is 4. The summed E-state index contributed by atoms with van der Waals surface area (Å²) in [5, 5.41) is 10.9. The molecule has 1 amide bonds. The number of amides is 1. The van der Waals surface area contributed by atoms with Crippen molar-refractivity contribution in [3.05, 3.63) is 33.6 Å². The summed E-state index contributed by atoms with van der Waals surface area (Å²) in [4.78, 5) is 24.4. The number of nitro groups is 1. The van der Waals surface area contributed by atoms with Gasteiger partial charge in [0, 0.05) is 18.2 Å². The van der Waals surface area contributed by atoms with Crippen molar-refractivity contribution in [2.75, 3.05) is 5.73 Å². The van der Waals surface area contributed by atoms with Crippen LogP contribution in [-0.2, 0) is 0 Å². The molecule has 1 aliphatic heterocycles. The minimum atomic E-state index is -0.826. The van der Waals surface area contributed by atoms with Crippen LogP contribution in [0.15, 0.2) is 12.1 Å². The van der Waals surface area contributed by atoms with Crippen molar-refractivity contribution < 1.29 is 14.1 Å². The normalized spacial score (nSPS) is 22.1. The maximum absolute atomic E-state index is 14.0. The van der Waals surface area contributed by atoms with Gasteiger partial charge in [-0.05, 0) is 39.2 Å². The molecule has 21 heavy (non-hydrogen) atoms. The van der Waals surface area contributed by atoms with Gasteiger partial charge in [0.15, 0.2) is 0 Å². The van der Waals surface area contributed by atoms with Crippen molar-refractivity contribution in [1.29, 1.82) is 0 Å². The second-order valence-corrected chi connectivity index (χ2v) is 5.45. The highest BCUT2D eigenvalue weighted by atomic mass is 19.1. The molecule has 0 aliphatic carbocycles. The van der Waals surface area contributed by atoms with E-state index in [-0.39, 0.29) is 12.1 Å². The second kappa shape index (κ2) is 5.67. The highest BCUT2D eigenvalue weighted by molar-refractivity contribution is 6.01. The molecule has 1 saturated heterocycles. The van der Waals surface area contributed by atoms with Gasteiger partial charge in [-0.1, -0.05) is 0 Å². The first-order valence-electron chi connectivity index (χ1n) is 6.89. The molecule has 1 aliphatic rings. The first kappa shape index (κ1) is 15.2. The molecule has 1 aromatic carbocycles. The Bertz CT molecular complexity index is 581. The number of carbonyl (C=O) groups excluding carboxylic acids is 1. The molecule has 6 nitrogen and oxygen atoms in total. The monoisotopic (exact) mass is 295 g/mol. The van der Waals surface area contributed by atoms with Crippen LogP contribution < -0.4 is 5.73 Å². The Hall–Kier alpha value is -2.18. The molecule has 0 aromatic heterocycles. The third kappa shape index (κ3) is 2.68. The lowest BCUT2D eigenvalue weighted by atomic mass is 9.96. The summed E-state index contributed by atoms with van der Waals surface area (Å²) < 4.78 is 14.0. The molecule has 1 aromatic rings. The third-order valence-electron chi connectivity index (χ3n) is 4.01. The van der Waals surface area contributed by atoms with E-state index in [0.717, 1.165) is 31.4 Å². The number of piperidine rings is 1. The number of nitro benzene ring substituents is 1. The lowest BCUT2D eigenvalue weighted by Crippen LogP contribution is -2.47. The predicted octanol–water partition coefficient (Wildman–Crippen LogP) is 2.72. The molecular formula is C14H18FN3O3. The maximum atomic E-state index is 14.0. The van der Waals surface area contributed by atoms with Crippen molar-refractivity contribution in [2.45, 2.75) is 45.2 Å². The van der Waals surface area contributed by atoms with E-state index in [4.69, 9.17) is 5.73 Å². The second-order valence-electron chi connectivity index (χ2n) is 5.45. The van der Waals surface area contributed by atoms with E-state index in [1.165, 1.54) is 0 Å². The molecular weight excluding hydrogens is 277 g/mol. The molecule has 7 heteroatoms. The summed E-state index contributed by atoms with van der Waals surface area (Å²) in [6.45, 7) is 3.78. The van der Waals surface area contributed by atoms with E-state index in [0.29, 0.717) is 0 Å². The van der Waals surface area contributed by atoms with E-state index in [2.05, 4.69) is 0 Å². The van der Waals surface area contributed by atoms with Gasteiger partial charge in [0.1, 0.15) is 17.1 Å². The van der Waals surface area contributed by atoms with E-state index in [1.807, 2.05) is 13.8 Å². The Morgan fingerprint density at radius 2 is 1.95 bits per heavy atom. The van der Waals surface area contributed by atoms with Crippen molar-refractivity contribution >= 4 is 17.3 Å². The summed E-state index contributed by atoms with van der Waals surface area (Å²) in [6, 6.07) is 1.81. The topological polar surface area (TPSA) is 89.5 Å². The van der Waals surface area contributed by atoms with E-state index in [1.54, 1.807) is 4.90 Å². The third-order valence-corrected chi connectivity index (χ3v) is 4.01. The summed E-state index contributed by atoms with van der Waals surface area (Å²) in [6.07, 6.45) is 2.65. The average Bonchev–Trinajstić information content (AvgIpc) is 2.38. The van der Waals surface area contributed by atoms with Crippen LogP contribution in [0.3, 0.4) is 0 Å². The van der Waals surface area contributed by atoms with Crippen LogP contribution in [0.5, 0.6) is 0 Å². The molecule has 2 N–H and O–H groups in total. The molecule has 0 radical (unpaired) electrons. The van der Waals surface area contributed by atoms with Crippen LogP contribution in [-0.4, -0.2) is 27.8 Å². The highest BCUT2D eigenvalue weighted by Crippen LogP contribution is 2.31. The number of anilines is 1. The van der Waals surface area contributed by atoms with Gasteiger partial charge < -0.3 is 10.6 Å². The number of halogens is 1. The van der Waals surface area contributed by atoms with Gasteiger partial charge in [0.05, 0.1) is 4.92 Å². The van der Waals surface area contributed by atoms with E-state index in [9.17, 15) is 19.3 Å². The van der Waals surface area contributed by atoms with Crippen LogP contribution in [0.2, 0.25) is 0 Å². The summed E-state index contributed by atoms with van der Waals surface area (Å²) in [5.74, 6) is -1.40. The SMILES string of the molecule is CC1CCCC(C)N1C(=O)c1c(F)ccc([N+](=O)[O-])c1N. The fourth-order valence-electron chi connectivity index (χ4n) is 2.91. The zero-order chi connectivity index (χ0) is 15.7. The first-order chi connectivity index (χ1) is 9.84. The zero-order valence-corrected chi connectivity index (χ0v) is 12.0. The standard InChI is InChI=1S/C14H18FN3O3/c1-8-4-3-5-9(2)17(8)14(19)12-10(15)6-7-11(13(12)16)18(20)21/h6-9H,3-5,16H2,1-2H3. The van der Waals surface area contributed by atoms with Gasteiger partial charge in [-0.2, -0.15) is 0 Å². The Kier molecular flexibility index (Phi) is 4.11. The van der Waals surface area contributed by atoms with Crippen molar-refractivity contribution in [1.82, 2.24) is 4.90 Å². The fraction of sp³-hybridized carbons (Fsp3) is 0.500. The van der Waals surface area contributed by atoms with Crippen LogP contribution in [0, 0.1) is 15.9 Å². The Morgan fingerprint density at radius 1 is 1.38 bits per heavy atom. The number of likely N-dealkylation sites (tertiary alicyclic amines) is 1. The quantitative estimate of drug-likeness (QED) is 0.516. The fourth-order valence-corrected chi connectivity index (χ4v) is 2.91. The van der Waals surface area contributed by atoms with Gasteiger partial charge in [-0.25, -0.2) is 4.39 Å². The number of nitrogen functional groups attached to an aromatic ring is 1. The minimum Gasteiger partial charge on any atom is -0.392 e. The van der Waals surface area contributed by atoms with Crippen LogP contribution in [0.25, 0.3) is 0 Å². The number of benzene rings is 1. The van der Waals surface area contributed by atoms with Crippen molar-refractivity contribution in [3.63, 3.8) is 0 Å². The lowest BCUT2D eigenvalue weighted by molar-refractivity contribution is -0.384. The molecule has 0 spiro atoms. The number of hydrogen-bond donors (Lipinski definition) is 1. The van der Waals surface area contributed by atoms with Gasteiger partial charge in [0.25, 0.3) is 11.6 Å². The number of nitrogens with zero attached hydrogens (tertiary/aromatic N) is 2. The van der Waals surface area contributed by atoms with Gasteiger partial charge in [-0.3, -0.25) is 14.9 Å². The minimum absolute atomic E-state index is 0.0423. The lowest BCUT2D eigenvalue weighted by Gasteiger charge is -2.39. The number of rotatable bonds is 2. The summed E-state index contributed by atoms with van der Waals surface area (Å²) >= 11 is 0. The van der Waals surface area contributed by atoms with Gasteiger partial charge in [0.2, 0.25) is 0 Å². The van der Waals surface area contributed by atoms with E-state index < -0.39 is 33.6 Å². The van der Waals surface area contributed by atoms with E-state index >= 15 is 0 Å². The molecule has 1 fully saturated rings. The average molecular weight is 295 g/mol. The molecule has 2 unspecified atom stereocenters. The largest absolute Gasteiger partial charge is 0.392 e. The zero-order valence-electron chi connectivity index (χ0n) is 12.0. The number of nitrogens with two attached hydrogens (primary N) is 1. The van der Waals surface area contributed by atoms with Crippen LogP contribution in [0.4, 0.5) is 15.8 Å². The predicted molar refractivity (Wildman–Crippen MR) is 76.4 cm³/mol. The van der Waals surface area contributed by atoms with Gasteiger partial charge in [-0.15, -0.1) is 0 Å². The molecule has 0 bridgehead atoms. The summed E-state index contributed by atoms with van der Waals surface area (Å²) in [5.41, 5.74) is 4.40. The van der Waals surface area contributed by atoms with Crippen LogP contribution in [0.1, 0.15) is 43.5 Å². The molecule has 2 rings (SSSR count). The van der Waals surface area contributed by atoms with Crippen molar-refractivity contribution in [3.8, 4) is 0 Å². The summed E-state index contributed by atoms with van der Waals surface area (Å²) in [7, 11) is 0. The Labute approximate surface area is 121 Å². The first-order valence-corrected chi connectivity index (χ1v) is 6.89. The molecule has 0 saturated carbocycles. The molecule has 1 heterocycles. The van der Waals surface area contributed by atoms with Gasteiger partial charge >= 0.3 is 0 Å². The van der Waals surface area contributed by atoms with Crippen LogP contribution >= 0.6 is 0 Å². The Morgan fingerprint density at radius 3 is 2.48 bits per heavy atom. The molecule has 2 atom stereocenters. The molecule has 114 valence electrons. The smallest absolute Gasteiger partial charge is 0.293 e. The van der Waals surface area contributed by atoms with Crippen molar-refractivity contribution in [2.24, 2.45) is 0 Å². The highest BCUT2D eigenvalue weighted by Gasteiger charge is 2.34. The number of carbonyl (C=O) groups is 1. The Balaban J connectivity index is 2.47. The maximum Gasteiger partial charge on any atom is 0.293 e.